The average molecular weight is 1220 g/mol. The predicted octanol–water partition coefficient (Wildman–Crippen LogP) is 17.4. The Kier molecular flexibility index (Phi) is 10.4. The molecule has 0 bridgehead atoms. The minimum absolute atomic E-state index is 0. The van der Waals surface area contributed by atoms with Gasteiger partial charge in [0.2, 0.25) is 0 Å². The summed E-state index contributed by atoms with van der Waals surface area (Å²) < 4.78 is 135. The topological polar surface area (TPSA) is 44.1 Å². The molecule has 7 heteroatoms. The van der Waals surface area contributed by atoms with Crippen LogP contribution in [-0.4, -0.2) is 22.8 Å². The molecule has 0 spiro atoms. The van der Waals surface area contributed by atoms with Crippen molar-refractivity contribution in [3.05, 3.63) is 188 Å². The average Bonchev–Trinajstić information content (AvgIpc) is 1.45. The summed E-state index contributed by atoms with van der Waals surface area (Å²) in [4.78, 5) is 5.11. The molecule has 0 atom stereocenters. The molecular formula is C67H63GeN3O2Pt-2. The number of hydrogen-bond acceptors (Lipinski definition) is 3. The van der Waals surface area contributed by atoms with E-state index in [1.54, 1.807) is 45.7 Å². The van der Waals surface area contributed by atoms with Gasteiger partial charge in [0.05, 0.1) is 24.9 Å². The second kappa shape index (κ2) is 21.3. The van der Waals surface area contributed by atoms with Crippen LogP contribution in [-0.2, 0) is 21.1 Å². The molecule has 3 aliphatic carbocycles. The molecule has 0 aliphatic heterocycles. The molecule has 0 saturated heterocycles. The number of pyridine rings is 1. The Labute approximate surface area is 471 Å². The number of benzene rings is 7. The van der Waals surface area contributed by atoms with Crippen molar-refractivity contribution in [1.29, 1.82) is 0 Å². The molecule has 13 rings (SSSR count). The van der Waals surface area contributed by atoms with Crippen molar-refractivity contribution in [2.75, 3.05) is 0 Å². The van der Waals surface area contributed by atoms with E-state index in [9.17, 15) is 4.11 Å². The number of furan rings is 1. The Morgan fingerprint density at radius 1 is 0.649 bits per heavy atom. The van der Waals surface area contributed by atoms with Crippen LogP contribution in [0.2, 0.25) is 14.3 Å². The molecule has 74 heavy (non-hydrogen) atoms. The number of hydrogen-bond donors (Lipinski definition) is 0. The number of fused-ring (bicyclic) bond motifs is 4. The van der Waals surface area contributed by atoms with E-state index in [0.29, 0.717) is 70.5 Å². The van der Waals surface area contributed by atoms with E-state index >= 15 is 0 Å². The van der Waals surface area contributed by atoms with Gasteiger partial charge in [-0.2, -0.15) is 0 Å². The van der Waals surface area contributed by atoms with E-state index in [0.717, 1.165) is 15.2 Å². The molecule has 7 aromatic carbocycles. The molecule has 3 aromatic heterocycles. The van der Waals surface area contributed by atoms with Crippen molar-refractivity contribution < 1.29 is 52.6 Å². The summed E-state index contributed by atoms with van der Waals surface area (Å²) in [5.74, 6) is 0.656. The first kappa shape index (κ1) is 36.1. The van der Waals surface area contributed by atoms with Crippen molar-refractivity contribution >= 4 is 50.6 Å². The fraction of sp³-hybridized carbons (Fsp3) is 0.284. The molecule has 5 nitrogen and oxygen atoms in total. The minimum Gasteiger partial charge on any atom is -0.0666 e. The molecular weight excluding hydrogens is 1150 g/mol. The Hall–Kier alpha value is -6.01. The first-order valence-corrected chi connectivity index (χ1v) is 31.0. The van der Waals surface area contributed by atoms with Crippen molar-refractivity contribution in [3.8, 4) is 56.4 Å². The number of aryl methyl sites for hydroxylation is 1. The van der Waals surface area contributed by atoms with Crippen molar-refractivity contribution in [2.24, 2.45) is 0 Å². The number of imidazole rings is 1. The summed E-state index contributed by atoms with van der Waals surface area (Å²) in [6.45, 7) is -2.36. The van der Waals surface area contributed by atoms with Crippen molar-refractivity contribution in [2.45, 2.75) is 117 Å². The second-order valence-corrected chi connectivity index (χ2v) is 30.6. The van der Waals surface area contributed by atoms with Crippen LogP contribution in [0.4, 0.5) is 0 Å². The van der Waals surface area contributed by atoms with Gasteiger partial charge in [0.15, 0.2) is 0 Å². The van der Waals surface area contributed by atoms with Crippen LogP contribution >= 0.6 is 0 Å². The molecule has 3 fully saturated rings. The van der Waals surface area contributed by atoms with E-state index in [-0.39, 0.29) is 49.0 Å². The van der Waals surface area contributed by atoms with E-state index in [1.807, 2.05) is 60.7 Å². The number of aromatic nitrogens is 3. The standard InChI is InChI=1S/C67H63GeN3O2.Pt/c1-47-45-69-62(44-61(47)68(50-27-11-4-12-28-50,51-29-13-5-14-30-51)52-31-15-6-16-32-52)60-43-55(42-59-58-35-17-20-40-65(58)73-67(59)60)72-54-34-21-33-53(41-54)70-46-71(64-39-19-18-38-63(64)70)66-56(48-23-7-2-8-24-48)36-22-37-57(66)49-25-9-3-10-26-49;/h2-3,7-10,17-26,33-40,42,44-45,50-52H,4-6,11-16,27-32H2,1H3;/q-2;/i1D3,2D,3D,7D,8D,9D,10D,23D,24D,25D,26D;. The summed E-state index contributed by atoms with van der Waals surface area (Å²) in [6.07, 6.45) is 22.9. The fourth-order valence-electron chi connectivity index (χ4n) is 13.4. The van der Waals surface area contributed by atoms with Crippen LogP contribution in [0.3, 0.4) is 0 Å². The molecule has 0 radical (unpaired) electrons. The second-order valence-electron chi connectivity index (χ2n) is 20.4. The van der Waals surface area contributed by atoms with Gasteiger partial charge in [-0.3, -0.25) is 4.57 Å². The van der Waals surface area contributed by atoms with Crippen LogP contribution in [0, 0.1) is 25.3 Å². The Balaban J connectivity index is 0.00000739. The zero-order chi connectivity index (χ0) is 59.9. The van der Waals surface area contributed by atoms with Crippen LogP contribution in [0.25, 0.3) is 77.9 Å². The quantitative estimate of drug-likeness (QED) is 0.0736. The van der Waals surface area contributed by atoms with E-state index < -0.39 is 80.5 Å². The fourth-order valence-corrected chi connectivity index (χ4v) is 30.9. The van der Waals surface area contributed by atoms with Gasteiger partial charge < -0.3 is 0 Å². The Bertz CT molecular complexity index is 4130. The molecule has 374 valence electrons. The Morgan fingerprint density at radius 2 is 1.26 bits per heavy atom. The number of nitrogens with zero attached hydrogens (tertiary/aromatic N) is 3. The molecule has 0 N–H and O–H groups in total. The first-order chi connectivity index (χ1) is 41.5. The smallest absolute Gasteiger partial charge is 0.0666 e. The maximum atomic E-state index is 9.21. The van der Waals surface area contributed by atoms with Gasteiger partial charge in [0.25, 0.3) is 0 Å². The monoisotopic (exact) mass is 1220 g/mol. The number of para-hydroxylation sites is 4. The molecule has 3 aliphatic rings. The van der Waals surface area contributed by atoms with Crippen LogP contribution in [0.15, 0.2) is 168 Å². The van der Waals surface area contributed by atoms with Gasteiger partial charge in [0.1, 0.15) is 0 Å². The summed E-state index contributed by atoms with van der Waals surface area (Å²) in [6, 6.07) is 31.1. The summed E-state index contributed by atoms with van der Waals surface area (Å²) in [5.41, 5.74) is 4.52. The van der Waals surface area contributed by atoms with Gasteiger partial charge >= 0.3 is 299 Å². The normalized spacial score (nSPS) is 18.8. The molecule has 3 saturated carbocycles. The van der Waals surface area contributed by atoms with E-state index in [4.69, 9.17) is 27.8 Å². The maximum absolute atomic E-state index is 9.21. The third kappa shape index (κ3) is 8.90. The van der Waals surface area contributed by atoms with Gasteiger partial charge in [-0.1, -0.05) is 103 Å². The third-order valence-corrected chi connectivity index (χ3v) is 31.4. The van der Waals surface area contributed by atoms with Crippen molar-refractivity contribution in [3.63, 3.8) is 0 Å². The molecule has 0 amide bonds. The zero-order valence-electron chi connectivity index (χ0n) is 54.1. The molecule has 10 aromatic rings. The van der Waals surface area contributed by atoms with E-state index in [1.165, 1.54) is 96.3 Å². The van der Waals surface area contributed by atoms with Crippen molar-refractivity contribution in [1.82, 2.24) is 9.55 Å². The SMILES string of the molecule is [2H]c1c([2H])c([2H])c(-c2cccc(-c3c([2H])c([2H])c([2H])c([2H])c3[2H])c2-[n+]2[c-]n(-c3[c-]c(Oc4[c-]c(-c5c[c]([Ge]([CH]6CCCCC6)([CH]6CCCCC6)[CH]6CCCCC6)c(C([2H])([2H])[2H])cn5)c5oc6ccccc6c5c4)ccc3)c3ccccc32)c([2H])c1[2H].[Pt]. The predicted molar refractivity (Wildman–Crippen MR) is 300 cm³/mol. The summed E-state index contributed by atoms with van der Waals surface area (Å²) >= 11 is -3.48. The van der Waals surface area contributed by atoms with Crippen LogP contribution in [0.1, 0.15) is 120 Å². The van der Waals surface area contributed by atoms with Gasteiger partial charge in [0, 0.05) is 21.1 Å². The number of rotatable bonds is 11. The summed E-state index contributed by atoms with van der Waals surface area (Å²) in [7, 11) is 0. The van der Waals surface area contributed by atoms with Gasteiger partial charge in [-0.05, 0) is 22.3 Å². The molecule has 3 heterocycles. The Morgan fingerprint density at radius 3 is 1.91 bits per heavy atom. The van der Waals surface area contributed by atoms with Crippen LogP contribution < -0.4 is 13.7 Å². The van der Waals surface area contributed by atoms with Gasteiger partial charge in [-0.25, -0.2) is 0 Å². The minimum atomic E-state index is -3.48. The van der Waals surface area contributed by atoms with Crippen LogP contribution in [0.5, 0.6) is 11.5 Å². The van der Waals surface area contributed by atoms with E-state index in [2.05, 4.69) is 24.5 Å². The third-order valence-electron chi connectivity index (χ3n) is 16.4. The first-order valence-electron chi connectivity index (χ1n) is 32.8. The summed E-state index contributed by atoms with van der Waals surface area (Å²) in [5, 5.41) is 1.64. The number of ether oxygens (including phenoxy) is 1. The zero-order valence-corrected chi connectivity index (χ0v) is 45.5. The molecule has 0 unspecified atom stereocenters. The van der Waals surface area contributed by atoms with Gasteiger partial charge in [-0.15, -0.1) is 0 Å².